The summed E-state index contributed by atoms with van der Waals surface area (Å²) in [5.41, 5.74) is 0.733. The van der Waals surface area contributed by atoms with Crippen molar-refractivity contribution in [1.29, 1.82) is 0 Å². The van der Waals surface area contributed by atoms with Crippen molar-refractivity contribution >= 4 is 11.8 Å². The molecule has 5 heteroatoms. The minimum atomic E-state index is -0.473. The monoisotopic (exact) mass is 423 g/mol. The molecule has 0 N–H and O–H groups in total. The van der Waals surface area contributed by atoms with Crippen LogP contribution in [0.25, 0.3) is 0 Å². The first-order valence-corrected chi connectivity index (χ1v) is 12.0. The molecule has 4 rings (SSSR count). The summed E-state index contributed by atoms with van der Waals surface area (Å²) < 4.78 is 0. The third-order valence-corrected chi connectivity index (χ3v) is 7.60. The van der Waals surface area contributed by atoms with Crippen LogP contribution in [0.15, 0.2) is 42.5 Å². The van der Waals surface area contributed by atoms with E-state index in [0.717, 1.165) is 64.7 Å². The highest BCUT2D eigenvalue weighted by molar-refractivity contribution is 5.87. The molecular formula is C26H37N3O2. The van der Waals surface area contributed by atoms with Crippen LogP contribution in [0.2, 0.25) is 0 Å². The highest BCUT2D eigenvalue weighted by Crippen LogP contribution is 2.53. The van der Waals surface area contributed by atoms with E-state index in [0.29, 0.717) is 6.42 Å². The Balaban J connectivity index is 1.57. The van der Waals surface area contributed by atoms with Gasteiger partial charge >= 0.3 is 0 Å². The van der Waals surface area contributed by atoms with E-state index in [1.165, 1.54) is 5.56 Å². The fourth-order valence-corrected chi connectivity index (χ4v) is 6.01. The SMILES string of the molecule is C/C=C/CCCC(=O)N1[C@@H]2CC[C@H]1[C@@](Cc1ccccc1)(C(=O)N1CCN(C)CC1)C2. The Morgan fingerprint density at radius 3 is 2.55 bits per heavy atom. The zero-order valence-corrected chi connectivity index (χ0v) is 19.1. The fourth-order valence-electron chi connectivity index (χ4n) is 6.01. The zero-order valence-electron chi connectivity index (χ0n) is 19.1. The lowest BCUT2D eigenvalue weighted by atomic mass is 9.68. The van der Waals surface area contributed by atoms with Crippen LogP contribution in [-0.4, -0.2) is 71.8 Å². The van der Waals surface area contributed by atoms with Gasteiger partial charge in [-0.15, -0.1) is 0 Å². The van der Waals surface area contributed by atoms with Gasteiger partial charge in [-0.1, -0.05) is 42.5 Å². The van der Waals surface area contributed by atoms with Gasteiger partial charge in [0, 0.05) is 44.7 Å². The number of amides is 2. The molecule has 5 nitrogen and oxygen atoms in total. The van der Waals surface area contributed by atoms with E-state index >= 15 is 0 Å². The number of likely N-dealkylation sites (N-methyl/N-ethyl adjacent to an activating group) is 1. The zero-order chi connectivity index (χ0) is 21.8. The molecule has 0 aromatic heterocycles. The van der Waals surface area contributed by atoms with E-state index in [1.807, 2.05) is 19.1 Å². The summed E-state index contributed by atoms with van der Waals surface area (Å²) in [6.07, 6.45) is 10.1. The number of allylic oxidation sites excluding steroid dienone is 2. The van der Waals surface area contributed by atoms with Crippen molar-refractivity contribution in [3.05, 3.63) is 48.0 Å². The summed E-state index contributed by atoms with van der Waals surface area (Å²) >= 11 is 0. The molecule has 3 atom stereocenters. The lowest BCUT2D eigenvalue weighted by Gasteiger charge is -2.42. The van der Waals surface area contributed by atoms with Gasteiger partial charge in [-0.25, -0.2) is 0 Å². The van der Waals surface area contributed by atoms with E-state index in [9.17, 15) is 9.59 Å². The molecule has 31 heavy (non-hydrogen) atoms. The lowest BCUT2D eigenvalue weighted by molar-refractivity contribution is -0.146. The van der Waals surface area contributed by atoms with Crippen LogP contribution in [0.3, 0.4) is 0 Å². The molecule has 3 saturated heterocycles. The quantitative estimate of drug-likeness (QED) is 0.498. The second-order valence-corrected chi connectivity index (χ2v) is 9.63. The number of piperazine rings is 1. The molecule has 2 amide bonds. The molecule has 2 bridgehead atoms. The summed E-state index contributed by atoms with van der Waals surface area (Å²) in [4.78, 5) is 33.8. The smallest absolute Gasteiger partial charge is 0.231 e. The fraction of sp³-hybridized carbons (Fsp3) is 0.615. The van der Waals surface area contributed by atoms with Crippen molar-refractivity contribution in [1.82, 2.24) is 14.7 Å². The Hall–Kier alpha value is -2.14. The molecule has 0 saturated carbocycles. The third-order valence-electron chi connectivity index (χ3n) is 7.60. The molecule has 3 fully saturated rings. The van der Waals surface area contributed by atoms with Crippen LogP contribution >= 0.6 is 0 Å². The number of fused-ring (bicyclic) bond motifs is 2. The number of rotatable bonds is 7. The molecule has 0 radical (unpaired) electrons. The number of carbonyl (C=O) groups is 2. The lowest BCUT2D eigenvalue weighted by Crippen LogP contribution is -2.56. The largest absolute Gasteiger partial charge is 0.340 e. The van der Waals surface area contributed by atoms with Gasteiger partial charge in [0.1, 0.15) is 0 Å². The van der Waals surface area contributed by atoms with Crippen LogP contribution in [0, 0.1) is 5.41 Å². The normalized spacial score (nSPS) is 28.6. The first-order valence-electron chi connectivity index (χ1n) is 12.0. The Kier molecular flexibility index (Phi) is 6.80. The van der Waals surface area contributed by atoms with Gasteiger partial charge in [0.25, 0.3) is 0 Å². The number of carbonyl (C=O) groups excluding carboxylic acids is 2. The van der Waals surface area contributed by atoms with E-state index in [4.69, 9.17) is 0 Å². The van der Waals surface area contributed by atoms with Crippen molar-refractivity contribution in [3.8, 4) is 0 Å². The molecule has 0 unspecified atom stereocenters. The summed E-state index contributed by atoms with van der Waals surface area (Å²) in [5.74, 6) is 0.529. The number of benzene rings is 1. The van der Waals surface area contributed by atoms with Gasteiger partial charge in [-0.05, 0) is 58.1 Å². The average molecular weight is 424 g/mol. The van der Waals surface area contributed by atoms with Crippen LogP contribution in [0.4, 0.5) is 0 Å². The number of nitrogens with zero attached hydrogens (tertiary/aromatic N) is 3. The molecule has 1 aromatic carbocycles. The maximum Gasteiger partial charge on any atom is 0.231 e. The summed E-state index contributed by atoms with van der Waals surface area (Å²) in [6, 6.07) is 10.7. The minimum Gasteiger partial charge on any atom is -0.340 e. The van der Waals surface area contributed by atoms with Crippen molar-refractivity contribution in [2.24, 2.45) is 5.41 Å². The van der Waals surface area contributed by atoms with Crippen LogP contribution in [0.1, 0.15) is 51.0 Å². The third kappa shape index (κ3) is 4.43. The van der Waals surface area contributed by atoms with Gasteiger partial charge in [-0.3, -0.25) is 9.59 Å². The Labute approximate surface area is 187 Å². The first-order chi connectivity index (χ1) is 15.0. The number of hydrogen-bond donors (Lipinski definition) is 0. The van der Waals surface area contributed by atoms with Crippen LogP contribution < -0.4 is 0 Å². The van der Waals surface area contributed by atoms with E-state index in [-0.39, 0.29) is 23.9 Å². The Morgan fingerprint density at radius 1 is 1.10 bits per heavy atom. The van der Waals surface area contributed by atoms with Crippen LogP contribution in [-0.2, 0) is 16.0 Å². The van der Waals surface area contributed by atoms with Crippen molar-refractivity contribution in [2.45, 2.75) is 64.0 Å². The van der Waals surface area contributed by atoms with Crippen molar-refractivity contribution in [2.75, 3.05) is 33.2 Å². The highest BCUT2D eigenvalue weighted by Gasteiger charge is 2.61. The van der Waals surface area contributed by atoms with E-state index in [1.54, 1.807) is 0 Å². The Morgan fingerprint density at radius 2 is 1.84 bits per heavy atom. The second-order valence-electron chi connectivity index (χ2n) is 9.63. The summed E-state index contributed by atoms with van der Waals surface area (Å²) in [5, 5.41) is 0. The summed E-state index contributed by atoms with van der Waals surface area (Å²) in [7, 11) is 2.12. The second kappa shape index (κ2) is 9.56. The molecule has 168 valence electrons. The highest BCUT2D eigenvalue weighted by atomic mass is 16.2. The number of hydrogen-bond acceptors (Lipinski definition) is 3. The molecule has 3 aliphatic heterocycles. The minimum absolute atomic E-state index is 0.0408. The molecule has 0 aliphatic carbocycles. The molecule has 3 heterocycles. The van der Waals surface area contributed by atoms with Gasteiger partial charge < -0.3 is 14.7 Å². The molecule has 0 spiro atoms. The van der Waals surface area contributed by atoms with Gasteiger partial charge in [0.2, 0.25) is 11.8 Å². The topological polar surface area (TPSA) is 43.9 Å². The molecule has 1 aromatic rings. The Bertz CT molecular complexity index is 800. The maximum atomic E-state index is 14.1. The van der Waals surface area contributed by atoms with Crippen LogP contribution in [0.5, 0.6) is 0 Å². The number of unbranched alkanes of at least 4 members (excludes halogenated alkanes) is 1. The summed E-state index contributed by atoms with van der Waals surface area (Å²) in [6.45, 7) is 5.45. The first kappa shape index (κ1) is 22.1. The van der Waals surface area contributed by atoms with E-state index < -0.39 is 5.41 Å². The molecular weight excluding hydrogens is 386 g/mol. The standard InChI is InChI=1S/C26H37N3O2/c1-3-4-5-9-12-24(30)29-22-13-14-23(29)26(20-22,19-21-10-7-6-8-11-21)25(31)28-17-15-27(2)16-18-28/h3-4,6-8,10-11,22-23H,5,9,12-20H2,1-2H3/b4-3+/t22-,23+,26+/m1/s1. The predicted octanol–water partition coefficient (Wildman–Crippen LogP) is 3.50. The maximum absolute atomic E-state index is 14.1. The predicted molar refractivity (Wildman–Crippen MR) is 124 cm³/mol. The van der Waals surface area contributed by atoms with Gasteiger partial charge in [0.15, 0.2) is 0 Å². The average Bonchev–Trinajstić information content (AvgIpc) is 3.34. The van der Waals surface area contributed by atoms with E-state index in [2.05, 4.69) is 52.1 Å². The van der Waals surface area contributed by atoms with Gasteiger partial charge in [-0.2, -0.15) is 0 Å². The van der Waals surface area contributed by atoms with Crippen molar-refractivity contribution < 1.29 is 9.59 Å². The van der Waals surface area contributed by atoms with Gasteiger partial charge in [0.05, 0.1) is 5.41 Å². The van der Waals surface area contributed by atoms with Crippen molar-refractivity contribution in [3.63, 3.8) is 0 Å². The molecule has 3 aliphatic rings.